The van der Waals surface area contributed by atoms with Crippen molar-refractivity contribution in [1.29, 1.82) is 0 Å². The average Bonchev–Trinajstić information content (AvgIpc) is 2.08. The molecule has 14 heavy (non-hydrogen) atoms. The maximum absolute atomic E-state index is 13.5. The molecule has 0 spiro atoms. The number of Topliss-reactive ketones (excluding diaryl/α,β-unsaturated/α-hetero) is 1. The first-order valence-corrected chi connectivity index (χ1v) is 5.25. The molecule has 0 aromatic heterocycles. The van der Waals surface area contributed by atoms with E-state index >= 15 is 0 Å². The van der Waals surface area contributed by atoms with Gasteiger partial charge in [0.05, 0.1) is 4.47 Å². The minimum absolute atomic E-state index is 0.0648. The molecule has 0 aliphatic rings. The summed E-state index contributed by atoms with van der Waals surface area (Å²) in [5, 5.41) is 0. The van der Waals surface area contributed by atoms with E-state index in [9.17, 15) is 9.18 Å². The number of rotatable bonds is 3. The Kier molecular flexibility index (Phi) is 3.81. The Balaban J connectivity index is 2.95. The molecule has 0 amide bonds. The van der Waals surface area contributed by atoms with E-state index in [-0.39, 0.29) is 17.5 Å². The van der Waals surface area contributed by atoms with Gasteiger partial charge in [0.15, 0.2) is 0 Å². The van der Waals surface area contributed by atoms with Crippen LogP contribution in [0.5, 0.6) is 0 Å². The summed E-state index contributed by atoms with van der Waals surface area (Å²) < 4.78 is 14.0. The van der Waals surface area contributed by atoms with Gasteiger partial charge in [-0.05, 0) is 40.4 Å². The normalized spacial score (nSPS) is 12.6. The third-order valence-electron chi connectivity index (χ3n) is 2.11. The molecule has 0 saturated carbocycles. The molecule has 0 fully saturated rings. The Morgan fingerprint density at radius 2 is 2.21 bits per heavy atom. The lowest BCUT2D eigenvalue weighted by molar-refractivity contribution is -0.117. The molecule has 0 saturated heterocycles. The van der Waals surface area contributed by atoms with Gasteiger partial charge in [-0.1, -0.05) is 19.1 Å². The van der Waals surface area contributed by atoms with Gasteiger partial charge >= 0.3 is 0 Å². The molecule has 0 N–H and O–H groups in total. The first-order chi connectivity index (χ1) is 6.52. The highest BCUT2D eigenvalue weighted by atomic mass is 79.9. The van der Waals surface area contributed by atoms with Crippen LogP contribution in [0.1, 0.15) is 31.7 Å². The fourth-order valence-electron chi connectivity index (χ4n) is 1.44. The van der Waals surface area contributed by atoms with Crippen molar-refractivity contribution in [2.45, 2.75) is 26.2 Å². The van der Waals surface area contributed by atoms with Crippen molar-refractivity contribution in [2.75, 3.05) is 0 Å². The van der Waals surface area contributed by atoms with Gasteiger partial charge in [0, 0.05) is 6.42 Å². The van der Waals surface area contributed by atoms with Crippen LogP contribution in [0.2, 0.25) is 0 Å². The molecular weight excluding hydrogens is 247 g/mol. The largest absolute Gasteiger partial charge is 0.300 e. The van der Waals surface area contributed by atoms with E-state index in [1.807, 2.05) is 6.92 Å². The Hall–Kier alpha value is -0.700. The SMILES string of the molecule is CC(=O)CC(C)c1cccc(Br)c1F. The van der Waals surface area contributed by atoms with Gasteiger partial charge in [0.1, 0.15) is 11.6 Å². The number of benzene rings is 1. The zero-order valence-electron chi connectivity index (χ0n) is 8.18. The summed E-state index contributed by atoms with van der Waals surface area (Å²) >= 11 is 3.12. The first-order valence-electron chi connectivity index (χ1n) is 4.45. The molecule has 0 heterocycles. The lowest BCUT2D eigenvalue weighted by Crippen LogP contribution is -2.03. The predicted molar refractivity (Wildman–Crippen MR) is 57.8 cm³/mol. The van der Waals surface area contributed by atoms with Gasteiger partial charge in [-0.15, -0.1) is 0 Å². The minimum atomic E-state index is -0.263. The topological polar surface area (TPSA) is 17.1 Å². The maximum atomic E-state index is 13.5. The lowest BCUT2D eigenvalue weighted by atomic mass is 9.96. The van der Waals surface area contributed by atoms with Gasteiger partial charge in [-0.2, -0.15) is 0 Å². The Morgan fingerprint density at radius 1 is 1.57 bits per heavy atom. The van der Waals surface area contributed by atoms with Crippen LogP contribution < -0.4 is 0 Å². The van der Waals surface area contributed by atoms with Crippen molar-refractivity contribution in [1.82, 2.24) is 0 Å². The highest BCUT2D eigenvalue weighted by Gasteiger charge is 2.14. The molecule has 1 aromatic rings. The fourth-order valence-corrected chi connectivity index (χ4v) is 1.82. The molecular formula is C11H12BrFO. The van der Waals surface area contributed by atoms with Gasteiger partial charge < -0.3 is 4.79 Å². The molecule has 1 unspecified atom stereocenters. The number of ketones is 1. The van der Waals surface area contributed by atoms with Crippen LogP contribution in [0.3, 0.4) is 0 Å². The maximum Gasteiger partial charge on any atom is 0.140 e. The van der Waals surface area contributed by atoms with Crippen LogP contribution in [0.4, 0.5) is 4.39 Å². The summed E-state index contributed by atoms with van der Waals surface area (Å²) in [5.41, 5.74) is 0.592. The summed E-state index contributed by atoms with van der Waals surface area (Å²) in [7, 11) is 0. The standard InChI is InChI=1S/C11H12BrFO/c1-7(6-8(2)14)9-4-3-5-10(12)11(9)13/h3-5,7H,6H2,1-2H3. The summed E-state index contributed by atoms with van der Waals surface area (Å²) in [6, 6.07) is 5.14. The van der Waals surface area contributed by atoms with E-state index in [0.29, 0.717) is 16.5 Å². The fraction of sp³-hybridized carbons (Fsp3) is 0.364. The number of hydrogen-bond acceptors (Lipinski definition) is 1. The summed E-state index contributed by atoms with van der Waals surface area (Å²) in [6.07, 6.45) is 0.382. The molecule has 1 atom stereocenters. The van der Waals surface area contributed by atoms with Crippen LogP contribution in [0, 0.1) is 5.82 Å². The van der Waals surface area contributed by atoms with E-state index in [0.717, 1.165) is 0 Å². The van der Waals surface area contributed by atoms with E-state index in [1.54, 1.807) is 18.2 Å². The molecule has 0 aliphatic carbocycles. The van der Waals surface area contributed by atoms with E-state index in [1.165, 1.54) is 6.92 Å². The summed E-state index contributed by atoms with van der Waals surface area (Å²) in [5.74, 6) is -0.247. The van der Waals surface area contributed by atoms with Gasteiger partial charge in [-0.25, -0.2) is 4.39 Å². The highest BCUT2D eigenvalue weighted by Crippen LogP contribution is 2.26. The number of carbonyl (C=O) groups is 1. The third-order valence-corrected chi connectivity index (χ3v) is 2.72. The summed E-state index contributed by atoms with van der Waals surface area (Å²) in [4.78, 5) is 10.9. The van der Waals surface area contributed by atoms with Crippen LogP contribution >= 0.6 is 15.9 Å². The first kappa shape index (κ1) is 11.4. The molecule has 1 nitrogen and oxygen atoms in total. The Labute approximate surface area is 91.5 Å². The molecule has 76 valence electrons. The number of hydrogen-bond donors (Lipinski definition) is 0. The van der Waals surface area contributed by atoms with Gasteiger partial charge in [-0.3, -0.25) is 0 Å². The minimum Gasteiger partial charge on any atom is -0.300 e. The highest BCUT2D eigenvalue weighted by molar-refractivity contribution is 9.10. The van der Waals surface area contributed by atoms with Crippen molar-refractivity contribution < 1.29 is 9.18 Å². The zero-order valence-corrected chi connectivity index (χ0v) is 9.77. The molecule has 1 aromatic carbocycles. The lowest BCUT2D eigenvalue weighted by Gasteiger charge is -2.11. The molecule has 0 aliphatic heterocycles. The third kappa shape index (κ3) is 2.64. The van der Waals surface area contributed by atoms with Crippen LogP contribution in [-0.4, -0.2) is 5.78 Å². The predicted octanol–water partition coefficient (Wildman–Crippen LogP) is 3.67. The monoisotopic (exact) mass is 258 g/mol. The zero-order chi connectivity index (χ0) is 10.7. The van der Waals surface area contributed by atoms with Crippen LogP contribution in [0.25, 0.3) is 0 Å². The Bertz CT molecular complexity index is 349. The second-order valence-electron chi connectivity index (χ2n) is 3.45. The molecule has 0 radical (unpaired) electrons. The quantitative estimate of drug-likeness (QED) is 0.809. The number of halogens is 2. The van der Waals surface area contributed by atoms with Crippen LogP contribution in [0.15, 0.2) is 22.7 Å². The van der Waals surface area contributed by atoms with Crippen molar-refractivity contribution in [2.24, 2.45) is 0 Å². The van der Waals surface area contributed by atoms with E-state index in [2.05, 4.69) is 15.9 Å². The Morgan fingerprint density at radius 3 is 2.79 bits per heavy atom. The van der Waals surface area contributed by atoms with Gasteiger partial charge in [0.2, 0.25) is 0 Å². The smallest absolute Gasteiger partial charge is 0.140 e. The van der Waals surface area contributed by atoms with Crippen molar-refractivity contribution in [3.63, 3.8) is 0 Å². The van der Waals surface area contributed by atoms with Crippen molar-refractivity contribution in [3.8, 4) is 0 Å². The molecule has 0 bridgehead atoms. The van der Waals surface area contributed by atoms with Gasteiger partial charge in [0.25, 0.3) is 0 Å². The van der Waals surface area contributed by atoms with E-state index in [4.69, 9.17) is 0 Å². The van der Waals surface area contributed by atoms with Crippen molar-refractivity contribution >= 4 is 21.7 Å². The van der Waals surface area contributed by atoms with Crippen molar-refractivity contribution in [3.05, 3.63) is 34.1 Å². The second-order valence-corrected chi connectivity index (χ2v) is 4.30. The number of carbonyl (C=O) groups excluding carboxylic acids is 1. The van der Waals surface area contributed by atoms with E-state index < -0.39 is 0 Å². The average molecular weight is 259 g/mol. The van der Waals surface area contributed by atoms with Crippen LogP contribution in [-0.2, 0) is 4.79 Å². The summed E-state index contributed by atoms with van der Waals surface area (Å²) in [6.45, 7) is 3.37. The molecule has 1 rings (SSSR count). The molecule has 3 heteroatoms. The second kappa shape index (κ2) is 4.69.